The Bertz CT molecular complexity index is 467. The van der Waals surface area contributed by atoms with Crippen LogP contribution in [0.1, 0.15) is 32.1 Å². The number of benzene rings is 1. The number of aliphatic hydroxyl groups excluding tert-OH is 1. The molecule has 1 aromatic carbocycles. The molecule has 1 heterocycles. The summed E-state index contributed by atoms with van der Waals surface area (Å²) in [5.41, 5.74) is 6.21. The molecular formula is C14H19NO2. The van der Waals surface area contributed by atoms with Gasteiger partial charge >= 0.3 is 0 Å². The first-order valence-corrected chi connectivity index (χ1v) is 5.97. The lowest BCUT2D eigenvalue weighted by molar-refractivity contribution is 0.0232. The average molecular weight is 233 g/mol. The summed E-state index contributed by atoms with van der Waals surface area (Å²) in [6, 6.07) is 9.64. The summed E-state index contributed by atoms with van der Waals surface area (Å²) in [7, 11) is 0. The molecular weight excluding hydrogens is 214 g/mol. The molecule has 2 aromatic rings. The minimum absolute atomic E-state index is 0.339. The second kappa shape index (κ2) is 4.51. The largest absolute Gasteiger partial charge is 0.458 e. The van der Waals surface area contributed by atoms with Gasteiger partial charge in [-0.05, 0) is 18.6 Å². The highest BCUT2D eigenvalue weighted by molar-refractivity contribution is 5.77. The molecule has 0 bridgehead atoms. The summed E-state index contributed by atoms with van der Waals surface area (Å²) in [6.45, 7) is 4.44. The molecule has 0 fully saturated rings. The predicted octanol–water partition coefficient (Wildman–Crippen LogP) is 2.84. The van der Waals surface area contributed by atoms with Crippen molar-refractivity contribution >= 4 is 11.0 Å². The number of furan rings is 1. The summed E-state index contributed by atoms with van der Waals surface area (Å²) >= 11 is 0. The van der Waals surface area contributed by atoms with Gasteiger partial charge in [0.15, 0.2) is 0 Å². The Kier molecular flexibility index (Phi) is 3.22. The quantitative estimate of drug-likeness (QED) is 0.853. The molecule has 3 N–H and O–H groups in total. The van der Waals surface area contributed by atoms with Gasteiger partial charge in [0.05, 0.1) is 0 Å². The molecule has 0 radical (unpaired) electrons. The zero-order valence-electron chi connectivity index (χ0n) is 10.3. The second-order valence-corrected chi connectivity index (χ2v) is 4.80. The van der Waals surface area contributed by atoms with Crippen molar-refractivity contribution in [3.63, 3.8) is 0 Å². The van der Waals surface area contributed by atoms with E-state index in [2.05, 4.69) is 0 Å². The molecule has 0 amide bonds. The van der Waals surface area contributed by atoms with E-state index in [1.54, 1.807) is 0 Å². The van der Waals surface area contributed by atoms with Gasteiger partial charge in [0.25, 0.3) is 0 Å². The molecule has 0 aliphatic carbocycles. The van der Waals surface area contributed by atoms with Crippen LogP contribution in [0.3, 0.4) is 0 Å². The zero-order valence-corrected chi connectivity index (χ0v) is 10.3. The monoisotopic (exact) mass is 233 g/mol. The molecule has 0 saturated heterocycles. The summed E-state index contributed by atoms with van der Waals surface area (Å²) in [4.78, 5) is 0. The number of hydrogen-bond donors (Lipinski definition) is 2. The number of fused-ring (bicyclic) bond motifs is 1. The van der Waals surface area contributed by atoms with Crippen molar-refractivity contribution < 1.29 is 9.52 Å². The SMILES string of the molecule is CCC(C)(CN)C(O)c1cc2ccccc2o1. The van der Waals surface area contributed by atoms with Gasteiger partial charge < -0.3 is 15.3 Å². The molecule has 0 saturated carbocycles. The Hall–Kier alpha value is -1.32. The smallest absolute Gasteiger partial charge is 0.134 e. The van der Waals surface area contributed by atoms with E-state index in [1.807, 2.05) is 44.2 Å². The lowest BCUT2D eigenvalue weighted by Gasteiger charge is -2.30. The van der Waals surface area contributed by atoms with E-state index in [0.717, 1.165) is 17.4 Å². The van der Waals surface area contributed by atoms with E-state index in [9.17, 15) is 5.11 Å². The van der Waals surface area contributed by atoms with Crippen LogP contribution in [0.4, 0.5) is 0 Å². The number of hydrogen-bond acceptors (Lipinski definition) is 3. The summed E-state index contributed by atoms with van der Waals surface area (Å²) in [5, 5.41) is 11.4. The Morgan fingerprint density at radius 2 is 2.12 bits per heavy atom. The minimum atomic E-state index is -0.662. The third-order valence-electron chi connectivity index (χ3n) is 3.65. The standard InChI is InChI=1S/C14H19NO2/c1-3-14(2,9-15)13(16)12-8-10-6-4-5-7-11(10)17-12/h4-8,13,16H,3,9,15H2,1-2H3. The minimum Gasteiger partial charge on any atom is -0.458 e. The van der Waals surface area contributed by atoms with Gasteiger partial charge in [-0.2, -0.15) is 0 Å². The van der Waals surface area contributed by atoms with Crippen LogP contribution in [-0.4, -0.2) is 11.7 Å². The fourth-order valence-electron chi connectivity index (χ4n) is 1.93. The Balaban J connectivity index is 2.39. The van der Waals surface area contributed by atoms with Crippen LogP contribution in [0.25, 0.3) is 11.0 Å². The normalized spacial score (nSPS) is 16.9. The van der Waals surface area contributed by atoms with E-state index in [4.69, 9.17) is 10.2 Å². The zero-order chi connectivity index (χ0) is 12.5. The van der Waals surface area contributed by atoms with Crippen LogP contribution in [0, 0.1) is 5.41 Å². The number of rotatable bonds is 4. The summed E-state index contributed by atoms with van der Waals surface area (Å²) in [6.07, 6.45) is 0.145. The van der Waals surface area contributed by atoms with Gasteiger partial charge in [-0.3, -0.25) is 0 Å². The Labute approximate surface area is 101 Å². The molecule has 17 heavy (non-hydrogen) atoms. The molecule has 92 valence electrons. The first-order chi connectivity index (χ1) is 8.10. The highest BCUT2D eigenvalue weighted by Crippen LogP contribution is 2.37. The maximum absolute atomic E-state index is 10.4. The third kappa shape index (κ3) is 2.08. The fraction of sp³-hybridized carbons (Fsp3) is 0.429. The van der Waals surface area contributed by atoms with Gasteiger partial charge in [0, 0.05) is 17.3 Å². The van der Waals surface area contributed by atoms with Crippen LogP contribution >= 0.6 is 0 Å². The fourth-order valence-corrected chi connectivity index (χ4v) is 1.93. The van der Waals surface area contributed by atoms with Gasteiger partial charge in [-0.1, -0.05) is 32.0 Å². The third-order valence-corrected chi connectivity index (χ3v) is 3.65. The molecule has 0 aliphatic heterocycles. The molecule has 2 atom stereocenters. The number of aliphatic hydroxyl groups is 1. The van der Waals surface area contributed by atoms with Crippen LogP contribution in [0.15, 0.2) is 34.7 Å². The van der Waals surface area contributed by atoms with E-state index in [-0.39, 0.29) is 5.41 Å². The molecule has 2 rings (SSSR count). The summed E-state index contributed by atoms with van der Waals surface area (Å²) < 4.78 is 5.67. The molecule has 3 nitrogen and oxygen atoms in total. The maximum Gasteiger partial charge on any atom is 0.134 e. The van der Waals surface area contributed by atoms with Crippen LogP contribution in [0.5, 0.6) is 0 Å². The van der Waals surface area contributed by atoms with E-state index in [0.29, 0.717) is 12.3 Å². The molecule has 3 heteroatoms. The van der Waals surface area contributed by atoms with Crippen LogP contribution in [0.2, 0.25) is 0 Å². The lowest BCUT2D eigenvalue weighted by atomic mass is 9.80. The van der Waals surface area contributed by atoms with E-state index in [1.165, 1.54) is 0 Å². The molecule has 0 spiro atoms. The average Bonchev–Trinajstić information content (AvgIpc) is 2.80. The first-order valence-electron chi connectivity index (χ1n) is 5.97. The van der Waals surface area contributed by atoms with E-state index >= 15 is 0 Å². The van der Waals surface area contributed by atoms with Crippen molar-refractivity contribution in [2.45, 2.75) is 26.4 Å². The van der Waals surface area contributed by atoms with Crippen molar-refractivity contribution in [1.29, 1.82) is 0 Å². The van der Waals surface area contributed by atoms with Gasteiger partial charge in [0.2, 0.25) is 0 Å². The summed E-state index contributed by atoms with van der Waals surface area (Å²) in [5.74, 6) is 0.598. The molecule has 1 aromatic heterocycles. The van der Waals surface area contributed by atoms with Crippen LogP contribution in [-0.2, 0) is 0 Å². The number of para-hydroxylation sites is 1. The highest BCUT2D eigenvalue weighted by atomic mass is 16.4. The molecule has 0 aliphatic rings. The van der Waals surface area contributed by atoms with Crippen molar-refractivity contribution in [3.05, 3.63) is 36.1 Å². The Morgan fingerprint density at radius 1 is 1.41 bits per heavy atom. The maximum atomic E-state index is 10.4. The predicted molar refractivity (Wildman–Crippen MR) is 68.6 cm³/mol. The lowest BCUT2D eigenvalue weighted by Crippen LogP contribution is -2.33. The van der Waals surface area contributed by atoms with Gasteiger partial charge in [0.1, 0.15) is 17.4 Å². The second-order valence-electron chi connectivity index (χ2n) is 4.80. The van der Waals surface area contributed by atoms with Crippen molar-refractivity contribution in [2.24, 2.45) is 11.1 Å². The Morgan fingerprint density at radius 3 is 2.71 bits per heavy atom. The van der Waals surface area contributed by atoms with Crippen LogP contribution < -0.4 is 5.73 Å². The highest BCUT2D eigenvalue weighted by Gasteiger charge is 2.33. The van der Waals surface area contributed by atoms with Crippen molar-refractivity contribution in [2.75, 3.05) is 6.54 Å². The van der Waals surface area contributed by atoms with Crippen molar-refractivity contribution in [1.82, 2.24) is 0 Å². The van der Waals surface area contributed by atoms with Gasteiger partial charge in [-0.15, -0.1) is 0 Å². The molecule has 2 unspecified atom stereocenters. The topological polar surface area (TPSA) is 59.4 Å². The van der Waals surface area contributed by atoms with Crippen molar-refractivity contribution in [3.8, 4) is 0 Å². The van der Waals surface area contributed by atoms with E-state index < -0.39 is 6.10 Å². The van der Waals surface area contributed by atoms with Gasteiger partial charge in [-0.25, -0.2) is 0 Å². The number of nitrogens with two attached hydrogens (primary N) is 1. The first kappa shape index (κ1) is 12.1.